The van der Waals surface area contributed by atoms with Crippen molar-refractivity contribution in [2.75, 3.05) is 45.9 Å². The number of carbonyl (C=O) groups is 7. The standard InChI is InChI=1S/C51H85N7O13/c1-8-10-11-12-15-71-30(7)48-28(5)36-17-35-27(4)32(13-14-41(60)56(20-42(61)57(22-44(63)64)23-45(65)66)21-43(62)58(24-46(67)68)25-47(69)70)50(54-35)33-16-40(59)49-29(6)37(55-51(33)49)18-38-31(9-2)26(3)34(52-38)19-39(48)53-36/h26-40,48-55,59H,8-25H2,1-7H3,(H,63,64)(H,65,66)(H,67,68)(H,69,70). The van der Waals surface area contributed by atoms with Gasteiger partial charge in [0.1, 0.15) is 39.3 Å². The Bertz CT molecular complexity index is 1810. The predicted molar refractivity (Wildman–Crippen MR) is 261 cm³/mol. The molecule has 0 radical (unpaired) electrons. The molecule has 71 heavy (non-hydrogen) atoms. The molecular weight excluding hydrogens is 919 g/mol. The number of nitrogens with one attached hydrogen (secondary N) is 4. The Labute approximate surface area is 419 Å². The highest BCUT2D eigenvalue weighted by Gasteiger charge is 2.59. The van der Waals surface area contributed by atoms with Gasteiger partial charge in [-0.3, -0.25) is 33.6 Å². The van der Waals surface area contributed by atoms with Gasteiger partial charge in [-0.25, -0.2) is 0 Å². The minimum atomic E-state index is -1.51. The number of hydrogen-bond donors (Lipinski definition) is 9. The molecule has 19 unspecified atom stereocenters. The Balaban J connectivity index is 1.30. The maximum Gasteiger partial charge on any atom is 0.323 e. The number of aliphatic hydroxyl groups excluding tert-OH is 1. The topological polar surface area (TPSA) is 288 Å². The van der Waals surface area contributed by atoms with E-state index in [1.54, 1.807) is 0 Å². The van der Waals surface area contributed by atoms with E-state index in [-0.39, 0.29) is 90.2 Å². The third-order valence-electron chi connectivity index (χ3n) is 18.1. The number of nitrogens with zero attached hydrogens (tertiary/aromatic N) is 3. The summed E-state index contributed by atoms with van der Waals surface area (Å²) in [5.74, 6) is -7.17. The van der Waals surface area contributed by atoms with Crippen molar-refractivity contribution in [1.29, 1.82) is 0 Å². The lowest BCUT2D eigenvalue weighted by Crippen LogP contribution is -2.51. The summed E-state index contributed by atoms with van der Waals surface area (Å²) in [5, 5.41) is 66.3. The summed E-state index contributed by atoms with van der Waals surface area (Å²) in [6.45, 7) is 10.9. The zero-order valence-corrected chi connectivity index (χ0v) is 43.0. The van der Waals surface area contributed by atoms with E-state index in [1.165, 1.54) is 6.42 Å². The van der Waals surface area contributed by atoms with E-state index in [9.17, 15) is 59.1 Å². The quantitative estimate of drug-likeness (QED) is 0.0661. The van der Waals surface area contributed by atoms with Crippen LogP contribution >= 0.6 is 0 Å². The number of carboxylic acid groups (broad SMARTS) is 4. The lowest BCUT2D eigenvalue weighted by atomic mass is 9.76. The summed E-state index contributed by atoms with van der Waals surface area (Å²) in [7, 11) is 0. The Hall–Kier alpha value is -3.95. The first-order chi connectivity index (χ1) is 33.6. The van der Waals surface area contributed by atoms with Crippen LogP contribution in [0.5, 0.6) is 0 Å². The second-order valence-corrected chi connectivity index (χ2v) is 22.4. The maximum absolute atomic E-state index is 14.5. The molecule has 20 heteroatoms. The number of hydrogen-bond acceptors (Lipinski definition) is 13. The van der Waals surface area contributed by atoms with Crippen molar-refractivity contribution in [3.63, 3.8) is 0 Å². The molecule has 6 aliphatic rings. The van der Waals surface area contributed by atoms with E-state index in [4.69, 9.17) is 4.74 Å². The van der Waals surface area contributed by atoms with Crippen LogP contribution in [0, 0.1) is 53.3 Å². The molecule has 5 saturated heterocycles. The SMILES string of the molecule is CCCCCCOC(C)C1C2CC3NC(CC4NC5C(CC(O)C5C4C)C4NC(CC(N2)C1C)C(C)C4CCC(=O)N(CC(=O)N(CC(=O)O)CC(=O)O)CC(=O)N(CC(=O)O)CC(=O)O)C(CC)C3C. The molecule has 19 atom stereocenters. The second-order valence-electron chi connectivity index (χ2n) is 22.4. The summed E-state index contributed by atoms with van der Waals surface area (Å²) in [6.07, 6.45) is 8.54. The van der Waals surface area contributed by atoms with E-state index >= 15 is 0 Å². The van der Waals surface area contributed by atoms with Gasteiger partial charge in [0.2, 0.25) is 17.7 Å². The molecule has 0 spiro atoms. The molecule has 5 aliphatic heterocycles. The fourth-order valence-corrected chi connectivity index (χ4v) is 14.5. The van der Waals surface area contributed by atoms with Crippen LogP contribution in [-0.4, -0.2) is 188 Å². The van der Waals surface area contributed by atoms with Crippen molar-refractivity contribution in [2.24, 2.45) is 53.3 Å². The first-order valence-electron chi connectivity index (χ1n) is 26.7. The highest BCUT2D eigenvalue weighted by atomic mass is 16.5. The summed E-state index contributed by atoms with van der Waals surface area (Å²) in [5.41, 5.74) is 0. The average molecular weight is 1000 g/mol. The molecule has 0 aromatic heterocycles. The van der Waals surface area contributed by atoms with Crippen LogP contribution in [0.2, 0.25) is 0 Å². The van der Waals surface area contributed by atoms with Crippen LogP contribution < -0.4 is 21.3 Å². The maximum atomic E-state index is 14.5. The van der Waals surface area contributed by atoms with Crippen LogP contribution in [0.25, 0.3) is 0 Å². The van der Waals surface area contributed by atoms with Gasteiger partial charge in [0, 0.05) is 73.2 Å². The highest BCUT2D eigenvalue weighted by molar-refractivity contribution is 5.92. The van der Waals surface area contributed by atoms with Gasteiger partial charge >= 0.3 is 23.9 Å². The first kappa shape index (κ1) is 56.3. The number of ether oxygens (including phenoxy) is 1. The number of amides is 3. The Morgan fingerprint density at radius 1 is 0.549 bits per heavy atom. The van der Waals surface area contributed by atoms with Crippen molar-refractivity contribution in [3.05, 3.63) is 0 Å². The van der Waals surface area contributed by atoms with Gasteiger partial charge in [-0.1, -0.05) is 67.2 Å². The lowest BCUT2D eigenvalue weighted by molar-refractivity contribution is -0.153. The van der Waals surface area contributed by atoms with Crippen LogP contribution in [0.1, 0.15) is 119 Å². The molecule has 1 saturated carbocycles. The number of fused-ring (bicyclic) bond motifs is 8. The Morgan fingerprint density at radius 3 is 1.59 bits per heavy atom. The molecule has 20 nitrogen and oxygen atoms in total. The van der Waals surface area contributed by atoms with Crippen LogP contribution in [-0.2, 0) is 38.3 Å². The van der Waals surface area contributed by atoms with Gasteiger partial charge in [0.15, 0.2) is 0 Å². The molecule has 0 aromatic rings. The molecule has 0 aromatic carbocycles. The zero-order valence-electron chi connectivity index (χ0n) is 43.0. The molecular formula is C51H85N7O13. The minimum absolute atomic E-state index is 0.00382. The summed E-state index contributed by atoms with van der Waals surface area (Å²) < 4.78 is 6.67. The Kier molecular flexibility index (Phi) is 19.7. The highest BCUT2D eigenvalue weighted by Crippen LogP contribution is 2.51. The number of carbonyl (C=O) groups excluding carboxylic acids is 3. The van der Waals surface area contributed by atoms with E-state index < -0.39 is 87.0 Å². The van der Waals surface area contributed by atoms with E-state index in [0.717, 1.165) is 56.5 Å². The minimum Gasteiger partial charge on any atom is -0.480 e. The molecule has 6 fully saturated rings. The van der Waals surface area contributed by atoms with Crippen LogP contribution in [0.3, 0.4) is 0 Å². The molecule has 6 rings (SSSR count). The van der Waals surface area contributed by atoms with Crippen molar-refractivity contribution in [2.45, 2.75) is 180 Å². The van der Waals surface area contributed by atoms with E-state index in [2.05, 4.69) is 69.7 Å². The van der Waals surface area contributed by atoms with Crippen LogP contribution in [0.15, 0.2) is 0 Å². The molecule has 1 aliphatic carbocycles. The van der Waals surface area contributed by atoms with Crippen molar-refractivity contribution < 1.29 is 63.8 Å². The zero-order chi connectivity index (χ0) is 52.0. The van der Waals surface area contributed by atoms with Crippen molar-refractivity contribution in [3.8, 4) is 0 Å². The van der Waals surface area contributed by atoms with Gasteiger partial charge in [0.05, 0.1) is 12.2 Å². The van der Waals surface area contributed by atoms with Crippen LogP contribution in [0.4, 0.5) is 0 Å². The molecule has 3 amide bonds. The fourth-order valence-electron chi connectivity index (χ4n) is 14.5. The molecule has 5 heterocycles. The van der Waals surface area contributed by atoms with Crippen molar-refractivity contribution in [1.82, 2.24) is 36.0 Å². The molecule has 8 bridgehead atoms. The third kappa shape index (κ3) is 13.4. The number of carboxylic acids is 4. The van der Waals surface area contributed by atoms with Gasteiger partial charge in [0.25, 0.3) is 0 Å². The largest absolute Gasteiger partial charge is 0.480 e. The first-order valence-corrected chi connectivity index (χ1v) is 26.7. The van der Waals surface area contributed by atoms with Crippen molar-refractivity contribution >= 4 is 41.6 Å². The molecule has 402 valence electrons. The van der Waals surface area contributed by atoms with E-state index in [0.29, 0.717) is 46.6 Å². The van der Waals surface area contributed by atoms with E-state index in [1.807, 2.05) is 0 Å². The Morgan fingerprint density at radius 2 is 1.03 bits per heavy atom. The van der Waals surface area contributed by atoms with Gasteiger partial charge < -0.3 is 66.2 Å². The predicted octanol–water partition coefficient (Wildman–Crippen LogP) is 1.92. The number of aliphatic carboxylic acids is 4. The van der Waals surface area contributed by atoms with Gasteiger partial charge in [-0.15, -0.1) is 0 Å². The smallest absolute Gasteiger partial charge is 0.323 e. The summed E-state index contributed by atoms with van der Waals surface area (Å²) >= 11 is 0. The average Bonchev–Trinajstić information content (AvgIpc) is 4.05. The van der Waals surface area contributed by atoms with Gasteiger partial charge in [-0.05, 0) is 86.9 Å². The number of rotatable bonds is 23. The number of unbranched alkanes of at least 4 members (excludes halogenated alkanes) is 3. The summed E-state index contributed by atoms with van der Waals surface area (Å²) in [6, 6.07) is 1.11. The normalized spacial score (nSPS) is 36.6. The van der Waals surface area contributed by atoms with Gasteiger partial charge in [-0.2, -0.15) is 0 Å². The number of aliphatic hydroxyl groups is 1. The lowest BCUT2D eigenvalue weighted by Gasteiger charge is -2.33. The second kappa shape index (κ2) is 24.9. The monoisotopic (exact) mass is 1000 g/mol. The third-order valence-corrected chi connectivity index (χ3v) is 18.1. The summed E-state index contributed by atoms with van der Waals surface area (Å²) in [4.78, 5) is 90.1. The fraction of sp³-hybridized carbons (Fsp3) is 0.863. The molecule has 9 N–H and O–H groups in total.